The third-order valence-corrected chi connectivity index (χ3v) is 5.81. The molecule has 1 aliphatic rings. The fourth-order valence-electron chi connectivity index (χ4n) is 3.90. The maximum atomic E-state index is 11.6. The van der Waals surface area contributed by atoms with Crippen LogP contribution in [0.2, 0.25) is 0 Å². The van der Waals surface area contributed by atoms with E-state index in [4.69, 9.17) is 9.84 Å². The molecule has 3 aromatic rings. The summed E-state index contributed by atoms with van der Waals surface area (Å²) in [6.07, 6.45) is 6.01. The van der Waals surface area contributed by atoms with Gasteiger partial charge in [0.05, 0.1) is 6.54 Å². The molecule has 0 bridgehead atoms. The number of fused-ring (bicyclic) bond motifs is 1. The van der Waals surface area contributed by atoms with Crippen molar-refractivity contribution in [1.29, 1.82) is 0 Å². The number of ketones is 1. The Morgan fingerprint density at radius 1 is 1.21 bits per heavy atom. The van der Waals surface area contributed by atoms with Crippen LogP contribution in [0.5, 0.6) is 5.75 Å². The number of benzene rings is 2. The van der Waals surface area contributed by atoms with Crippen LogP contribution >= 0.6 is 0 Å². The zero-order chi connectivity index (χ0) is 23.8. The van der Waals surface area contributed by atoms with Crippen molar-refractivity contribution in [1.82, 2.24) is 20.5 Å². The Bertz CT molecular complexity index is 1150. The van der Waals surface area contributed by atoms with Gasteiger partial charge in [-0.15, -0.1) is 0 Å². The van der Waals surface area contributed by atoms with Gasteiger partial charge in [0, 0.05) is 36.7 Å². The Morgan fingerprint density at radius 2 is 2.06 bits per heavy atom. The van der Waals surface area contributed by atoms with Crippen molar-refractivity contribution in [3.05, 3.63) is 71.4 Å². The summed E-state index contributed by atoms with van der Waals surface area (Å²) in [5.41, 5.74) is 4.38. The van der Waals surface area contributed by atoms with Crippen molar-refractivity contribution in [2.45, 2.75) is 13.0 Å². The number of ether oxygens (including phenoxy) is 1. The van der Waals surface area contributed by atoms with Gasteiger partial charge in [0.2, 0.25) is 0 Å². The molecule has 0 unspecified atom stereocenters. The molecule has 0 aliphatic carbocycles. The van der Waals surface area contributed by atoms with Gasteiger partial charge >= 0.3 is 6.03 Å². The summed E-state index contributed by atoms with van der Waals surface area (Å²) in [4.78, 5) is 27.9. The van der Waals surface area contributed by atoms with Gasteiger partial charge in [-0.05, 0) is 53.9 Å². The number of hydrogen-bond donors (Lipinski definition) is 4. The lowest BCUT2D eigenvalue weighted by Gasteiger charge is -2.14. The van der Waals surface area contributed by atoms with E-state index in [1.54, 1.807) is 11.0 Å². The highest BCUT2D eigenvalue weighted by atomic mass is 16.5. The quantitative estimate of drug-likeness (QED) is 0.244. The van der Waals surface area contributed by atoms with Gasteiger partial charge in [0.15, 0.2) is 5.78 Å². The SMILES string of the molecule is O=C(/C=C/c1ccc(CNCCc2c[nH]c3ccc(OCCN4CCNC4=O)cc23)cc1)CO. The monoisotopic (exact) mass is 462 g/mol. The molecule has 2 heterocycles. The summed E-state index contributed by atoms with van der Waals surface area (Å²) in [7, 11) is 0. The lowest BCUT2D eigenvalue weighted by molar-refractivity contribution is -0.117. The van der Waals surface area contributed by atoms with E-state index >= 15 is 0 Å². The molecular formula is C26H30N4O4. The van der Waals surface area contributed by atoms with Gasteiger partial charge < -0.3 is 30.4 Å². The zero-order valence-electron chi connectivity index (χ0n) is 19.0. The second-order valence-corrected chi connectivity index (χ2v) is 8.21. The fraction of sp³-hybridized carbons (Fsp3) is 0.308. The molecule has 1 aliphatic heterocycles. The van der Waals surface area contributed by atoms with Gasteiger partial charge in [-0.1, -0.05) is 30.3 Å². The second-order valence-electron chi connectivity index (χ2n) is 8.21. The number of carbonyl (C=O) groups excluding carboxylic acids is 2. The molecule has 4 N–H and O–H groups in total. The maximum absolute atomic E-state index is 11.6. The Labute approximate surface area is 198 Å². The molecular weight excluding hydrogens is 432 g/mol. The van der Waals surface area contributed by atoms with Gasteiger partial charge in [0.1, 0.15) is 19.0 Å². The lowest BCUT2D eigenvalue weighted by atomic mass is 10.1. The standard InChI is InChI=1S/C26H30N4O4/c31-18-22(32)6-5-19-1-3-20(4-2-19)16-27-10-9-21-17-29-25-8-7-23(15-24(21)25)34-14-13-30-12-11-28-26(30)33/h1-8,15,17,27,29,31H,9-14,16,18H2,(H,28,33)/b6-5+. The minimum Gasteiger partial charge on any atom is -0.492 e. The fourth-order valence-corrected chi connectivity index (χ4v) is 3.90. The molecule has 0 radical (unpaired) electrons. The van der Waals surface area contributed by atoms with Crippen LogP contribution in [-0.2, 0) is 17.8 Å². The van der Waals surface area contributed by atoms with E-state index in [9.17, 15) is 9.59 Å². The average molecular weight is 463 g/mol. The van der Waals surface area contributed by atoms with Gasteiger partial charge in [-0.25, -0.2) is 4.79 Å². The van der Waals surface area contributed by atoms with E-state index in [1.807, 2.05) is 42.6 Å². The summed E-state index contributed by atoms with van der Waals surface area (Å²) in [6.45, 7) is 3.57. The number of nitrogens with zero attached hydrogens (tertiary/aromatic N) is 1. The smallest absolute Gasteiger partial charge is 0.317 e. The number of H-pyrrole nitrogens is 1. The second kappa shape index (κ2) is 11.5. The van der Waals surface area contributed by atoms with Crippen LogP contribution < -0.4 is 15.4 Å². The topological polar surface area (TPSA) is 107 Å². The highest BCUT2D eigenvalue weighted by molar-refractivity contribution is 5.94. The maximum Gasteiger partial charge on any atom is 0.317 e. The Hall–Kier alpha value is -3.62. The molecule has 8 heteroatoms. The number of aromatic nitrogens is 1. The summed E-state index contributed by atoms with van der Waals surface area (Å²) < 4.78 is 5.89. The minimum atomic E-state index is -0.470. The first-order chi connectivity index (χ1) is 16.6. The van der Waals surface area contributed by atoms with E-state index in [0.717, 1.165) is 53.8 Å². The van der Waals surface area contributed by atoms with Crippen LogP contribution in [0, 0.1) is 0 Å². The largest absolute Gasteiger partial charge is 0.492 e. The van der Waals surface area contributed by atoms with E-state index in [2.05, 4.69) is 21.7 Å². The Morgan fingerprint density at radius 3 is 2.82 bits per heavy atom. The number of aliphatic hydroxyl groups excluding tert-OH is 1. The van der Waals surface area contributed by atoms with Crippen LogP contribution in [0.15, 0.2) is 54.7 Å². The molecule has 1 fully saturated rings. The van der Waals surface area contributed by atoms with E-state index in [0.29, 0.717) is 19.7 Å². The van der Waals surface area contributed by atoms with Crippen molar-refractivity contribution in [2.24, 2.45) is 0 Å². The molecule has 0 spiro atoms. The molecule has 34 heavy (non-hydrogen) atoms. The minimum absolute atomic E-state index is 0.0261. The summed E-state index contributed by atoms with van der Waals surface area (Å²) in [5.74, 6) is 0.494. The van der Waals surface area contributed by atoms with Crippen molar-refractivity contribution in [3.63, 3.8) is 0 Å². The lowest BCUT2D eigenvalue weighted by Crippen LogP contribution is -2.31. The van der Waals surface area contributed by atoms with Crippen molar-refractivity contribution < 1.29 is 19.4 Å². The molecule has 2 aromatic carbocycles. The normalized spacial score (nSPS) is 13.7. The predicted octanol–water partition coefficient (Wildman–Crippen LogP) is 2.48. The summed E-state index contributed by atoms with van der Waals surface area (Å²) in [5, 5.41) is 16.2. The van der Waals surface area contributed by atoms with Crippen molar-refractivity contribution in [2.75, 3.05) is 39.4 Å². The first-order valence-corrected chi connectivity index (χ1v) is 11.5. The number of aliphatic hydroxyl groups is 1. The van der Waals surface area contributed by atoms with Gasteiger partial charge in [0.25, 0.3) is 0 Å². The third kappa shape index (κ3) is 6.24. The molecule has 4 rings (SSSR count). The number of amides is 2. The van der Waals surface area contributed by atoms with Crippen LogP contribution in [0.1, 0.15) is 16.7 Å². The molecule has 1 saturated heterocycles. The molecule has 0 atom stereocenters. The van der Waals surface area contributed by atoms with Gasteiger partial charge in [-0.2, -0.15) is 0 Å². The molecule has 1 aromatic heterocycles. The number of nitrogens with one attached hydrogen (secondary N) is 3. The molecule has 2 amide bonds. The van der Waals surface area contributed by atoms with Crippen LogP contribution in [0.25, 0.3) is 17.0 Å². The van der Waals surface area contributed by atoms with Crippen LogP contribution in [0.4, 0.5) is 4.79 Å². The first kappa shape index (κ1) is 23.5. The first-order valence-electron chi connectivity index (χ1n) is 11.5. The number of rotatable bonds is 12. The van der Waals surface area contributed by atoms with Crippen molar-refractivity contribution in [3.8, 4) is 5.75 Å². The summed E-state index contributed by atoms with van der Waals surface area (Å²) in [6, 6.07) is 14.0. The highest BCUT2D eigenvalue weighted by Crippen LogP contribution is 2.24. The molecule has 178 valence electrons. The Kier molecular flexibility index (Phi) is 7.95. The van der Waals surface area contributed by atoms with Gasteiger partial charge in [-0.3, -0.25) is 4.79 Å². The zero-order valence-corrected chi connectivity index (χ0v) is 19.0. The number of urea groups is 1. The summed E-state index contributed by atoms with van der Waals surface area (Å²) >= 11 is 0. The predicted molar refractivity (Wildman–Crippen MR) is 132 cm³/mol. The highest BCUT2D eigenvalue weighted by Gasteiger charge is 2.18. The molecule has 8 nitrogen and oxygen atoms in total. The Balaban J connectivity index is 1.24. The molecule has 0 saturated carbocycles. The average Bonchev–Trinajstić information content (AvgIpc) is 3.46. The van der Waals surface area contributed by atoms with E-state index < -0.39 is 6.61 Å². The van der Waals surface area contributed by atoms with E-state index in [-0.39, 0.29) is 11.8 Å². The van der Waals surface area contributed by atoms with Crippen LogP contribution in [0.3, 0.4) is 0 Å². The number of aromatic amines is 1. The van der Waals surface area contributed by atoms with Crippen LogP contribution in [-0.4, -0.2) is 66.2 Å². The third-order valence-electron chi connectivity index (χ3n) is 5.81. The van der Waals surface area contributed by atoms with Crippen molar-refractivity contribution >= 4 is 28.8 Å². The van der Waals surface area contributed by atoms with E-state index in [1.165, 1.54) is 11.6 Å². The number of carbonyl (C=O) groups is 2. The number of hydrogen-bond acceptors (Lipinski definition) is 5.